The van der Waals surface area contributed by atoms with Gasteiger partial charge in [-0.2, -0.15) is 0 Å². The predicted octanol–water partition coefficient (Wildman–Crippen LogP) is 1.06. The Balaban J connectivity index is 3.87. The van der Waals surface area contributed by atoms with E-state index in [1.54, 1.807) is 0 Å². The standard InChI is InChI=1S/C10H21NO2/c1-4-10(13)8-11(9(2)3)6-5-7-12/h9,12H,4-8H2,1-3H3. The molecule has 0 aliphatic carbocycles. The monoisotopic (exact) mass is 187 g/mol. The Kier molecular flexibility index (Phi) is 6.82. The third kappa shape index (κ3) is 5.77. The minimum Gasteiger partial charge on any atom is -0.396 e. The van der Waals surface area contributed by atoms with Gasteiger partial charge >= 0.3 is 0 Å². The highest BCUT2D eigenvalue weighted by Crippen LogP contribution is 2.00. The van der Waals surface area contributed by atoms with Crippen LogP contribution in [0.1, 0.15) is 33.6 Å². The summed E-state index contributed by atoms with van der Waals surface area (Å²) in [6, 6.07) is 0.377. The zero-order valence-corrected chi connectivity index (χ0v) is 8.92. The molecule has 0 spiro atoms. The Bertz CT molecular complexity index is 146. The number of nitrogens with zero attached hydrogens (tertiary/aromatic N) is 1. The van der Waals surface area contributed by atoms with Crippen LogP contribution in [-0.2, 0) is 4.79 Å². The highest BCUT2D eigenvalue weighted by atomic mass is 16.3. The minimum atomic E-state index is 0.198. The first-order chi connectivity index (χ1) is 6.11. The SMILES string of the molecule is CCC(=O)CN(CCCO)C(C)C. The average molecular weight is 187 g/mol. The number of carbonyl (C=O) groups is 1. The highest BCUT2D eigenvalue weighted by molar-refractivity contribution is 5.80. The molecule has 78 valence electrons. The Hall–Kier alpha value is -0.410. The zero-order chi connectivity index (χ0) is 10.3. The topological polar surface area (TPSA) is 40.5 Å². The minimum absolute atomic E-state index is 0.198. The summed E-state index contributed by atoms with van der Waals surface area (Å²) >= 11 is 0. The van der Waals surface area contributed by atoms with E-state index in [-0.39, 0.29) is 12.4 Å². The zero-order valence-electron chi connectivity index (χ0n) is 8.92. The average Bonchev–Trinajstić information content (AvgIpc) is 2.11. The third-order valence-electron chi connectivity index (χ3n) is 2.11. The lowest BCUT2D eigenvalue weighted by atomic mass is 10.2. The largest absolute Gasteiger partial charge is 0.396 e. The van der Waals surface area contributed by atoms with Crippen LogP contribution in [0.4, 0.5) is 0 Å². The first kappa shape index (κ1) is 12.6. The van der Waals surface area contributed by atoms with Gasteiger partial charge in [0, 0.05) is 25.6 Å². The highest BCUT2D eigenvalue weighted by Gasteiger charge is 2.11. The summed E-state index contributed by atoms with van der Waals surface area (Å²) in [5.41, 5.74) is 0. The first-order valence-corrected chi connectivity index (χ1v) is 4.98. The predicted molar refractivity (Wildman–Crippen MR) is 53.7 cm³/mol. The van der Waals surface area contributed by atoms with Gasteiger partial charge in [-0.15, -0.1) is 0 Å². The van der Waals surface area contributed by atoms with Gasteiger partial charge in [0.15, 0.2) is 0 Å². The van der Waals surface area contributed by atoms with Gasteiger partial charge in [-0.25, -0.2) is 0 Å². The number of hydrogen-bond acceptors (Lipinski definition) is 3. The Morgan fingerprint density at radius 1 is 1.46 bits per heavy atom. The summed E-state index contributed by atoms with van der Waals surface area (Å²) in [7, 11) is 0. The Morgan fingerprint density at radius 2 is 2.08 bits per heavy atom. The quantitative estimate of drug-likeness (QED) is 0.648. The molecule has 0 rings (SSSR count). The molecule has 0 aliphatic rings. The fourth-order valence-electron chi connectivity index (χ4n) is 1.13. The van der Waals surface area contributed by atoms with Crippen LogP contribution in [0.2, 0.25) is 0 Å². The lowest BCUT2D eigenvalue weighted by molar-refractivity contribution is -0.120. The summed E-state index contributed by atoms with van der Waals surface area (Å²) in [5.74, 6) is 0.270. The molecule has 0 radical (unpaired) electrons. The van der Waals surface area contributed by atoms with Crippen LogP contribution in [0.3, 0.4) is 0 Å². The number of ketones is 1. The van der Waals surface area contributed by atoms with E-state index < -0.39 is 0 Å². The van der Waals surface area contributed by atoms with Gasteiger partial charge in [0.1, 0.15) is 5.78 Å². The molecule has 13 heavy (non-hydrogen) atoms. The van der Waals surface area contributed by atoms with Crippen molar-refractivity contribution in [3.63, 3.8) is 0 Å². The summed E-state index contributed by atoms with van der Waals surface area (Å²) in [6.45, 7) is 7.55. The lowest BCUT2D eigenvalue weighted by Crippen LogP contribution is -2.36. The maximum atomic E-state index is 11.2. The maximum Gasteiger partial charge on any atom is 0.146 e. The maximum absolute atomic E-state index is 11.2. The molecule has 0 saturated carbocycles. The molecule has 0 unspecified atom stereocenters. The Morgan fingerprint density at radius 3 is 2.46 bits per heavy atom. The van der Waals surface area contributed by atoms with E-state index in [2.05, 4.69) is 18.7 Å². The van der Waals surface area contributed by atoms with Gasteiger partial charge in [0.05, 0.1) is 6.54 Å². The van der Waals surface area contributed by atoms with Crippen molar-refractivity contribution < 1.29 is 9.90 Å². The van der Waals surface area contributed by atoms with E-state index in [9.17, 15) is 4.79 Å². The van der Waals surface area contributed by atoms with E-state index >= 15 is 0 Å². The second-order valence-corrected chi connectivity index (χ2v) is 3.53. The fraction of sp³-hybridized carbons (Fsp3) is 0.900. The van der Waals surface area contributed by atoms with Gasteiger partial charge in [-0.05, 0) is 20.3 Å². The molecule has 0 saturated heterocycles. The normalized spacial score (nSPS) is 11.2. The molecule has 0 bridgehead atoms. The van der Waals surface area contributed by atoms with Crippen molar-refractivity contribution in [2.45, 2.75) is 39.7 Å². The van der Waals surface area contributed by atoms with Crippen molar-refractivity contribution in [3.8, 4) is 0 Å². The van der Waals surface area contributed by atoms with Crippen LogP contribution >= 0.6 is 0 Å². The molecule has 0 amide bonds. The molecule has 1 N–H and O–H groups in total. The van der Waals surface area contributed by atoms with Crippen molar-refractivity contribution in [2.75, 3.05) is 19.7 Å². The molecular formula is C10H21NO2. The van der Waals surface area contributed by atoms with Crippen LogP contribution in [0.5, 0.6) is 0 Å². The molecule has 0 aliphatic heterocycles. The van der Waals surface area contributed by atoms with E-state index in [1.807, 2.05) is 6.92 Å². The summed E-state index contributed by atoms with van der Waals surface area (Å²) in [6.07, 6.45) is 1.34. The third-order valence-corrected chi connectivity index (χ3v) is 2.11. The van der Waals surface area contributed by atoms with Crippen LogP contribution in [0, 0.1) is 0 Å². The molecule has 0 fully saturated rings. The van der Waals surface area contributed by atoms with Crippen molar-refractivity contribution >= 4 is 5.78 Å². The second kappa shape index (κ2) is 7.04. The van der Waals surface area contributed by atoms with E-state index in [1.165, 1.54) is 0 Å². The van der Waals surface area contributed by atoms with E-state index in [0.29, 0.717) is 19.0 Å². The van der Waals surface area contributed by atoms with Crippen LogP contribution in [-0.4, -0.2) is 41.5 Å². The summed E-state index contributed by atoms with van der Waals surface area (Å²) in [4.78, 5) is 13.3. The number of aliphatic hydroxyl groups is 1. The second-order valence-electron chi connectivity index (χ2n) is 3.53. The smallest absolute Gasteiger partial charge is 0.146 e. The number of aliphatic hydroxyl groups excluding tert-OH is 1. The van der Waals surface area contributed by atoms with Gasteiger partial charge < -0.3 is 5.11 Å². The summed E-state index contributed by atoms with van der Waals surface area (Å²) in [5, 5.41) is 8.68. The van der Waals surface area contributed by atoms with Crippen LogP contribution in [0.15, 0.2) is 0 Å². The number of Topliss-reactive ketones (excluding diaryl/α,β-unsaturated/α-hetero) is 1. The van der Waals surface area contributed by atoms with Gasteiger partial charge in [0.2, 0.25) is 0 Å². The van der Waals surface area contributed by atoms with Crippen molar-refractivity contribution in [3.05, 3.63) is 0 Å². The molecule has 0 heterocycles. The van der Waals surface area contributed by atoms with Gasteiger partial charge in [0.25, 0.3) is 0 Å². The van der Waals surface area contributed by atoms with Crippen LogP contribution < -0.4 is 0 Å². The fourth-order valence-corrected chi connectivity index (χ4v) is 1.13. The van der Waals surface area contributed by atoms with Crippen molar-refractivity contribution in [1.82, 2.24) is 4.90 Å². The number of hydrogen-bond donors (Lipinski definition) is 1. The van der Waals surface area contributed by atoms with E-state index in [0.717, 1.165) is 13.0 Å². The van der Waals surface area contributed by atoms with Crippen molar-refractivity contribution in [1.29, 1.82) is 0 Å². The number of rotatable bonds is 7. The van der Waals surface area contributed by atoms with Crippen LogP contribution in [0.25, 0.3) is 0 Å². The molecule has 3 heteroatoms. The lowest BCUT2D eigenvalue weighted by Gasteiger charge is -2.25. The first-order valence-electron chi connectivity index (χ1n) is 4.98. The molecule has 0 atom stereocenters. The number of carbonyl (C=O) groups excluding carboxylic acids is 1. The van der Waals surface area contributed by atoms with Gasteiger partial charge in [-0.1, -0.05) is 6.92 Å². The molecule has 3 nitrogen and oxygen atoms in total. The van der Waals surface area contributed by atoms with Crippen molar-refractivity contribution in [2.24, 2.45) is 0 Å². The molecular weight excluding hydrogens is 166 g/mol. The molecule has 0 aromatic carbocycles. The summed E-state index contributed by atoms with van der Waals surface area (Å²) < 4.78 is 0. The Labute approximate surface area is 80.7 Å². The van der Waals surface area contributed by atoms with E-state index in [4.69, 9.17) is 5.11 Å². The van der Waals surface area contributed by atoms with Gasteiger partial charge in [-0.3, -0.25) is 9.69 Å². The molecule has 0 aromatic rings. The molecule has 0 aromatic heterocycles.